The van der Waals surface area contributed by atoms with E-state index in [9.17, 15) is 8.78 Å². The highest BCUT2D eigenvalue weighted by Gasteiger charge is 2.14. The van der Waals surface area contributed by atoms with Crippen LogP contribution >= 0.6 is 11.6 Å². The van der Waals surface area contributed by atoms with Crippen molar-refractivity contribution in [2.24, 2.45) is 0 Å². The molecule has 106 valence electrons. The molecule has 0 heterocycles. The molecule has 0 aromatic heterocycles. The van der Waals surface area contributed by atoms with Crippen molar-refractivity contribution in [3.8, 4) is 11.5 Å². The van der Waals surface area contributed by atoms with E-state index in [1.54, 1.807) is 12.1 Å². The number of fused-ring (bicyclic) bond motifs is 1. The van der Waals surface area contributed by atoms with E-state index in [1.807, 2.05) is 30.3 Å². The number of rotatable bonds is 3. The lowest BCUT2D eigenvalue weighted by Gasteiger charge is -2.11. The monoisotopic (exact) mass is 304 g/mol. The molecule has 0 unspecified atom stereocenters. The Kier molecular flexibility index (Phi) is 3.76. The van der Waals surface area contributed by atoms with Crippen LogP contribution in [-0.4, -0.2) is 0 Å². The summed E-state index contributed by atoms with van der Waals surface area (Å²) in [6.07, 6.45) is 0. The lowest BCUT2D eigenvalue weighted by molar-refractivity contribution is 0.410. The van der Waals surface area contributed by atoms with E-state index in [1.165, 1.54) is 12.1 Å². The van der Waals surface area contributed by atoms with Gasteiger partial charge in [-0.1, -0.05) is 36.4 Å². The van der Waals surface area contributed by atoms with E-state index in [0.717, 1.165) is 10.8 Å². The molecule has 0 saturated heterocycles. The smallest absolute Gasteiger partial charge is 0.198 e. The molecule has 0 bridgehead atoms. The zero-order valence-electron chi connectivity index (χ0n) is 10.9. The maximum atomic E-state index is 14.0. The van der Waals surface area contributed by atoms with Crippen LogP contribution in [0.2, 0.25) is 0 Å². The van der Waals surface area contributed by atoms with Crippen LogP contribution in [-0.2, 0) is 5.88 Å². The van der Waals surface area contributed by atoms with Gasteiger partial charge in [-0.25, -0.2) is 8.78 Å². The average Bonchev–Trinajstić information content (AvgIpc) is 2.50. The summed E-state index contributed by atoms with van der Waals surface area (Å²) in [4.78, 5) is 0. The highest BCUT2D eigenvalue weighted by atomic mass is 35.5. The average molecular weight is 305 g/mol. The number of halogens is 3. The Labute approximate surface area is 125 Å². The summed E-state index contributed by atoms with van der Waals surface area (Å²) in [7, 11) is 0. The molecule has 3 aromatic rings. The predicted octanol–water partition coefficient (Wildman–Crippen LogP) is 5.65. The van der Waals surface area contributed by atoms with E-state index in [2.05, 4.69) is 0 Å². The number of hydrogen-bond donors (Lipinski definition) is 0. The molecular formula is C17H11ClF2O. The second-order valence-corrected chi connectivity index (χ2v) is 4.87. The van der Waals surface area contributed by atoms with Gasteiger partial charge in [-0.3, -0.25) is 0 Å². The minimum atomic E-state index is -0.765. The quantitative estimate of drug-likeness (QED) is 0.568. The van der Waals surface area contributed by atoms with Gasteiger partial charge in [0.1, 0.15) is 5.75 Å². The highest BCUT2D eigenvalue weighted by molar-refractivity contribution is 6.17. The minimum Gasteiger partial charge on any atom is -0.451 e. The van der Waals surface area contributed by atoms with Crippen LogP contribution in [0.25, 0.3) is 10.8 Å². The van der Waals surface area contributed by atoms with Gasteiger partial charge in [-0.05, 0) is 29.1 Å². The lowest BCUT2D eigenvalue weighted by Crippen LogP contribution is -1.95. The molecular weight excluding hydrogens is 294 g/mol. The first-order chi connectivity index (χ1) is 10.2. The number of benzene rings is 3. The Morgan fingerprint density at radius 3 is 2.29 bits per heavy atom. The largest absolute Gasteiger partial charge is 0.451 e. The molecule has 0 N–H and O–H groups in total. The van der Waals surface area contributed by atoms with Gasteiger partial charge in [0, 0.05) is 11.3 Å². The fourth-order valence-corrected chi connectivity index (χ4v) is 2.34. The van der Waals surface area contributed by atoms with Crippen molar-refractivity contribution in [3.63, 3.8) is 0 Å². The van der Waals surface area contributed by atoms with Crippen LogP contribution < -0.4 is 4.74 Å². The van der Waals surface area contributed by atoms with Gasteiger partial charge in [-0.15, -0.1) is 11.6 Å². The molecule has 0 aliphatic rings. The second-order valence-electron chi connectivity index (χ2n) is 4.60. The molecule has 0 radical (unpaired) electrons. The van der Waals surface area contributed by atoms with Crippen molar-refractivity contribution >= 4 is 22.4 Å². The predicted molar refractivity (Wildman–Crippen MR) is 79.9 cm³/mol. The Morgan fingerprint density at radius 1 is 0.905 bits per heavy atom. The van der Waals surface area contributed by atoms with Crippen molar-refractivity contribution in [1.29, 1.82) is 0 Å². The molecule has 0 spiro atoms. The third-order valence-corrected chi connectivity index (χ3v) is 3.48. The van der Waals surface area contributed by atoms with Crippen LogP contribution in [0.3, 0.4) is 0 Å². The molecule has 0 aliphatic heterocycles. The Morgan fingerprint density at radius 2 is 1.57 bits per heavy atom. The van der Waals surface area contributed by atoms with Crippen LogP contribution in [0, 0.1) is 11.6 Å². The Hall–Kier alpha value is -2.13. The molecule has 0 atom stereocenters. The summed E-state index contributed by atoms with van der Waals surface area (Å²) in [6.45, 7) is 0. The highest BCUT2D eigenvalue weighted by Crippen LogP contribution is 2.33. The van der Waals surface area contributed by atoms with Crippen LogP contribution in [0.4, 0.5) is 8.78 Å². The minimum absolute atomic E-state index is 0.0440. The Bertz CT molecular complexity index is 773. The van der Waals surface area contributed by atoms with Gasteiger partial charge in [0.15, 0.2) is 17.4 Å². The second kappa shape index (κ2) is 5.70. The van der Waals surface area contributed by atoms with Crippen LogP contribution in [0.15, 0.2) is 54.6 Å². The molecule has 0 aliphatic carbocycles. The summed E-state index contributed by atoms with van der Waals surface area (Å²) < 4.78 is 33.4. The number of alkyl halides is 1. The fourth-order valence-electron chi connectivity index (χ4n) is 2.18. The maximum Gasteiger partial charge on any atom is 0.198 e. The summed E-state index contributed by atoms with van der Waals surface area (Å²) in [6, 6.07) is 15.2. The number of hydrogen-bond acceptors (Lipinski definition) is 1. The van der Waals surface area contributed by atoms with Crippen molar-refractivity contribution in [3.05, 3.63) is 71.8 Å². The topological polar surface area (TPSA) is 9.23 Å². The standard InChI is InChI=1S/C17H11ClF2O/c18-10-11-8-14(19)17(15(20)9-11)21-16-7-3-5-12-4-1-2-6-13(12)16/h1-9H,10H2. The fraction of sp³-hybridized carbons (Fsp3) is 0.0588. The molecule has 21 heavy (non-hydrogen) atoms. The molecule has 3 aromatic carbocycles. The first-order valence-electron chi connectivity index (χ1n) is 6.38. The van der Waals surface area contributed by atoms with Gasteiger partial charge in [0.05, 0.1) is 0 Å². The molecule has 0 saturated carbocycles. The summed E-state index contributed by atoms with van der Waals surface area (Å²) in [5.74, 6) is -1.50. The molecule has 4 heteroatoms. The normalized spacial score (nSPS) is 10.8. The zero-order chi connectivity index (χ0) is 14.8. The Balaban J connectivity index is 2.07. The van der Waals surface area contributed by atoms with E-state index >= 15 is 0 Å². The summed E-state index contributed by atoms with van der Waals surface area (Å²) in [5, 5.41) is 1.73. The first kappa shape index (κ1) is 13.8. The van der Waals surface area contributed by atoms with Crippen molar-refractivity contribution in [2.75, 3.05) is 0 Å². The van der Waals surface area contributed by atoms with Crippen molar-refractivity contribution in [1.82, 2.24) is 0 Å². The van der Waals surface area contributed by atoms with Crippen molar-refractivity contribution < 1.29 is 13.5 Å². The van der Waals surface area contributed by atoms with Gasteiger partial charge in [0.2, 0.25) is 0 Å². The van der Waals surface area contributed by atoms with E-state index in [-0.39, 0.29) is 5.88 Å². The summed E-state index contributed by atoms with van der Waals surface area (Å²) in [5.41, 5.74) is 0.372. The first-order valence-corrected chi connectivity index (χ1v) is 6.92. The SMILES string of the molecule is Fc1cc(CCl)cc(F)c1Oc1cccc2ccccc12. The molecule has 0 amide bonds. The molecule has 3 rings (SSSR count). The maximum absolute atomic E-state index is 14.0. The molecule has 1 nitrogen and oxygen atoms in total. The summed E-state index contributed by atoms with van der Waals surface area (Å²) >= 11 is 5.59. The molecule has 0 fully saturated rings. The van der Waals surface area contributed by atoms with Crippen LogP contribution in [0.5, 0.6) is 11.5 Å². The third-order valence-electron chi connectivity index (χ3n) is 3.17. The lowest BCUT2D eigenvalue weighted by atomic mass is 10.1. The van der Waals surface area contributed by atoms with E-state index in [0.29, 0.717) is 11.3 Å². The van der Waals surface area contributed by atoms with Gasteiger partial charge < -0.3 is 4.74 Å². The number of ether oxygens (including phenoxy) is 1. The van der Waals surface area contributed by atoms with Crippen LogP contribution in [0.1, 0.15) is 5.56 Å². The third kappa shape index (κ3) is 2.69. The van der Waals surface area contributed by atoms with E-state index in [4.69, 9.17) is 16.3 Å². The zero-order valence-corrected chi connectivity index (χ0v) is 11.7. The van der Waals surface area contributed by atoms with Gasteiger partial charge in [-0.2, -0.15) is 0 Å². The van der Waals surface area contributed by atoms with Gasteiger partial charge >= 0.3 is 0 Å². The van der Waals surface area contributed by atoms with Gasteiger partial charge in [0.25, 0.3) is 0 Å². The van der Waals surface area contributed by atoms with E-state index < -0.39 is 17.4 Å². The van der Waals surface area contributed by atoms with Crippen molar-refractivity contribution in [2.45, 2.75) is 5.88 Å².